The number of carbonyl (C=O) groups excluding carboxylic acids is 2. The van der Waals surface area contributed by atoms with E-state index in [0.29, 0.717) is 18.0 Å². The van der Waals surface area contributed by atoms with Crippen LogP contribution in [0.3, 0.4) is 0 Å². The van der Waals surface area contributed by atoms with Crippen molar-refractivity contribution in [3.63, 3.8) is 0 Å². The van der Waals surface area contributed by atoms with Gasteiger partial charge in [-0.25, -0.2) is 0 Å². The van der Waals surface area contributed by atoms with Crippen molar-refractivity contribution in [2.45, 2.75) is 26.7 Å². The van der Waals surface area contributed by atoms with Crippen molar-refractivity contribution in [2.75, 3.05) is 44.7 Å². The Bertz CT molecular complexity index is 957. The lowest BCUT2D eigenvalue weighted by Crippen LogP contribution is -2.47. The first-order valence-electron chi connectivity index (χ1n) is 11.5. The van der Waals surface area contributed by atoms with E-state index in [9.17, 15) is 9.59 Å². The van der Waals surface area contributed by atoms with Crippen LogP contribution >= 0.6 is 0 Å². The van der Waals surface area contributed by atoms with E-state index >= 15 is 0 Å². The monoisotopic (exact) mass is 450 g/mol. The molecule has 0 aromatic heterocycles. The van der Waals surface area contributed by atoms with E-state index < -0.39 is 19.1 Å². The van der Waals surface area contributed by atoms with E-state index in [4.69, 9.17) is 14.0 Å². The molecule has 1 atom stereocenters. The highest BCUT2D eigenvalue weighted by Crippen LogP contribution is 2.29. The molecule has 0 radical (unpaired) electrons. The van der Waals surface area contributed by atoms with Crippen molar-refractivity contribution in [1.29, 1.82) is 0 Å². The van der Waals surface area contributed by atoms with Gasteiger partial charge in [-0.3, -0.25) is 14.5 Å². The average Bonchev–Trinajstić information content (AvgIpc) is 2.77. The zero-order valence-electron chi connectivity index (χ0n) is 19.6. The third-order valence-electron chi connectivity index (χ3n) is 6.19. The summed E-state index contributed by atoms with van der Waals surface area (Å²) in [5.41, 5.74) is 4.58. The van der Waals surface area contributed by atoms with Gasteiger partial charge in [-0.05, 0) is 57.0 Å². The van der Waals surface area contributed by atoms with Crippen LogP contribution in [0.4, 0.5) is 5.69 Å². The van der Waals surface area contributed by atoms with Crippen LogP contribution in [0.15, 0.2) is 42.5 Å². The predicted octanol–water partition coefficient (Wildman–Crippen LogP) is 2.33. The maximum Gasteiger partial charge on any atom is 0.636 e. The summed E-state index contributed by atoms with van der Waals surface area (Å²) < 4.78 is 16.7. The van der Waals surface area contributed by atoms with Crippen LogP contribution in [-0.2, 0) is 18.9 Å². The maximum absolute atomic E-state index is 12.0. The molecular formula is C25H31BN2O5. The van der Waals surface area contributed by atoms with Gasteiger partial charge in [0.1, 0.15) is 5.75 Å². The van der Waals surface area contributed by atoms with E-state index in [-0.39, 0.29) is 13.1 Å². The Morgan fingerprint density at radius 1 is 1.00 bits per heavy atom. The fourth-order valence-corrected chi connectivity index (χ4v) is 4.61. The van der Waals surface area contributed by atoms with Gasteiger partial charge in [0.05, 0.1) is 19.7 Å². The van der Waals surface area contributed by atoms with Crippen LogP contribution in [0.2, 0.25) is 0 Å². The van der Waals surface area contributed by atoms with E-state index in [2.05, 4.69) is 36.9 Å². The molecule has 0 amide bonds. The lowest BCUT2D eigenvalue weighted by molar-refractivity contribution is -0.145. The number of aryl methyl sites for hydroxylation is 2. The van der Waals surface area contributed by atoms with Gasteiger partial charge in [0, 0.05) is 30.2 Å². The number of para-hydroxylation sites is 1. The average molecular weight is 450 g/mol. The lowest BCUT2D eigenvalue weighted by Gasteiger charge is -2.36. The minimum Gasteiger partial charge on any atom is -0.494 e. The van der Waals surface area contributed by atoms with Crippen LogP contribution in [-0.4, -0.2) is 63.8 Å². The van der Waals surface area contributed by atoms with Crippen LogP contribution in [0.25, 0.3) is 0 Å². The van der Waals surface area contributed by atoms with Crippen LogP contribution in [0, 0.1) is 19.8 Å². The number of piperidine rings is 1. The van der Waals surface area contributed by atoms with Crippen LogP contribution < -0.4 is 15.1 Å². The number of benzene rings is 2. The first-order valence-corrected chi connectivity index (χ1v) is 11.5. The summed E-state index contributed by atoms with van der Waals surface area (Å²) in [5, 5.41) is 0. The zero-order valence-corrected chi connectivity index (χ0v) is 19.6. The first-order chi connectivity index (χ1) is 15.9. The molecule has 33 heavy (non-hydrogen) atoms. The number of ether oxygens (including phenoxy) is 1. The third-order valence-corrected chi connectivity index (χ3v) is 6.19. The van der Waals surface area contributed by atoms with Crippen molar-refractivity contribution in [3.05, 3.63) is 53.6 Å². The minimum absolute atomic E-state index is 0.0488. The van der Waals surface area contributed by atoms with Crippen molar-refractivity contribution < 1.29 is 23.6 Å². The Morgan fingerprint density at radius 3 is 2.27 bits per heavy atom. The second-order valence-electron chi connectivity index (χ2n) is 9.06. The van der Waals surface area contributed by atoms with Crippen molar-refractivity contribution >= 4 is 30.2 Å². The molecule has 2 aliphatic heterocycles. The highest BCUT2D eigenvalue weighted by molar-refractivity contribution is 6.64. The van der Waals surface area contributed by atoms with Gasteiger partial charge >= 0.3 is 19.1 Å². The van der Waals surface area contributed by atoms with Gasteiger partial charge in [0.25, 0.3) is 0 Å². The molecule has 0 aliphatic carbocycles. The second-order valence-corrected chi connectivity index (χ2v) is 9.06. The predicted molar refractivity (Wildman–Crippen MR) is 128 cm³/mol. The molecule has 0 N–H and O–H groups in total. The Balaban J connectivity index is 1.34. The number of nitrogens with zero attached hydrogens (tertiary/aromatic N) is 2. The van der Waals surface area contributed by atoms with Gasteiger partial charge in [-0.2, -0.15) is 0 Å². The molecular weight excluding hydrogens is 419 g/mol. The largest absolute Gasteiger partial charge is 0.636 e. The number of carbonyl (C=O) groups is 2. The molecule has 0 spiro atoms. The highest BCUT2D eigenvalue weighted by Gasteiger charge is 2.33. The molecule has 2 heterocycles. The topological polar surface area (TPSA) is 68.3 Å². The van der Waals surface area contributed by atoms with Gasteiger partial charge in [0.2, 0.25) is 0 Å². The van der Waals surface area contributed by atoms with E-state index in [1.54, 1.807) is 24.1 Å². The van der Waals surface area contributed by atoms with E-state index in [1.807, 2.05) is 12.1 Å². The fraction of sp³-hybridized carbons (Fsp3) is 0.440. The number of anilines is 1. The summed E-state index contributed by atoms with van der Waals surface area (Å²) in [6, 6.07) is 13.7. The van der Waals surface area contributed by atoms with Crippen molar-refractivity contribution in [3.8, 4) is 5.75 Å². The molecule has 0 bridgehead atoms. The van der Waals surface area contributed by atoms with Crippen LogP contribution in [0.5, 0.6) is 5.75 Å². The highest BCUT2D eigenvalue weighted by atomic mass is 16.6. The molecule has 2 aliphatic rings. The first kappa shape index (κ1) is 23.2. The molecule has 8 heteroatoms. The Labute approximate surface area is 195 Å². The minimum atomic E-state index is -1.03. The standard InChI is InChI=1S/C25H31BN2O5/c1-18-6-4-7-19(2)25(18)28-13-5-8-20(14-28)17-31-22-11-9-21(10-12-22)26-32-23(29)15-27(3)16-24(30)33-26/h4,6-7,9-12,20H,5,8,13-17H2,1-3H3/t20-/m1/s1. The van der Waals surface area contributed by atoms with Gasteiger partial charge in [-0.1, -0.05) is 30.3 Å². The number of likely N-dealkylation sites (N-methyl/N-ethyl adjacent to an activating group) is 1. The van der Waals surface area contributed by atoms with E-state index in [1.165, 1.54) is 16.8 Å². The smallest absolute Gasteiger partial charge is 0.494 e. The normalized spacial score (nSPS) is 20.0. The Kier molecular flexibility index (Phi) is 7.23. The summed E-state index contributed by atoms with van der Waals surface area (Å²) in [4.78, 5) is 28.0. The summed E-state index contributed by atoms with van der Waals surface area (Å²) in [6.07, 6.45) is 2.29. The molecule has 7 nitrogen and oxygen atoms in total. The van der Waals surface area contributed by atoms with Crippen molar-refractivity contribution in [2.24, 2.45) is 5.92 Å². The third kappa shape index (κ3) is 5.87. The maximum atomic E-state index is 12.0. The summed E-state index contributed by atoms with van der Waals surface area (Å²) >= 11 is 0. The molecule has 0 saturated carbocycles. The SMILES string of the molecule is Cc1cccc(C)c1N1CCC[C@@H](COc2ccc(B3OC(=O)CN(C)CC(=O)O3)cc2)C1. The lowest BCUT2D eigenvalue weighted by atomic mass is 9.78. The fourth-order valence-electron chi connectivity index (χ4n) is 4.61. The molecule has 2 aromatic rings. The molecule has 2 fully saturated rings. The zero-order chi connectivity index (χ0) is 23.4. The van der Waals surface area contributed by atoms with Crippen LogP contribution in [0.1, 0.15) is 24.0 Å². The summed E-state index contributed by atoms with van der Waals surface area (Å²) in [5.74, 6) is 0.329. The Hall–Kier alpha value is -3.00. The molecule has 0 unspecified atom stereocenters. The quantitative estimate of drug-likeness (QED) is 0.648. The number of hydrogen-bond donors (Lipinski definition) is 0. The summed E-state index contributed by atoms with van der Waals surface area (Å²) in [6.45, 7) is 7.14. The number of rotatable bonds is 5. The van der Waals surface area contributed by atoms with Gasteiger partial charge < -0.3 is 18.9 Å². The summed E-state index contributed by atoms with van der Waals surface area (Å²) in [7, 11) is 0.639. The second kappa shape index (κ2) is 10.3. The number of hydrogen-bond acceptors (Lipinski definition) is 7. The molecule has 2 aromatic carbocycles. The van der Waals surface area contributed by atoms with Gasteiger partial charge in [0.15, 0.2) is 0 Å². The van der Waals surface area contributed by atoms with Crippen molar-refractivity contribution in [1.82, 2.24) is 4.90 Å². The van der Waals surface area contributed by atoms with Gasteiger partial charge in [-0.15, -0.1) is 0 Å². The molecule has 4 rings (SSSR count). The van der Waals surface area contributed by atoms with E-state index in [0.717, 1.165) is 31.7 Å². The molecule has 2 saturated heterocycles. The Morgan fingerprint density at radius 2 is 1.64 bits per heavy atom. The molecule has 174 valence electrons.